The Labute approximate surface area is 191 Å². The van der Waals surface area contributed by atoms with Gasteiger partial charge in [0.15, 0.2) is 0 Å². The van der Waals surface area contributed by atoms with Gasteiger partial charge in [0.1, 0.15) is 17.6 Å². The first-order valence-electron chi connectivity index (χ1n) is 9.95. The van der Waals surface area contributed by atoms with Crippen LogP contribution in [0.5, 0.6) is 11.5 Å². The minimum absolute atomic E-state index is 0.226. The zero-order chi connectivity index (χ0) is 23.1. The van der Waals surface area contributed by atoms with Crippen molar-refractivity contribution in [3.05, 3.63) is 95.1 Å². The number of carboxylic acids is 1. The van der Waals surface area contributed by atoms with Crippen molar-refractivity contribution in [3.8, 4) is 17.6 Å². The molecule has 3 aromatic carbocycles. The van der Waals surface area contributed by atoms with Crippen LogP contribution in [0.1, 0.15) is 39.9 Å². The molecule has 1 amide bonds. The van der Waals surface area contributed by atoms with Gasteiger partial charge in [0, 0.05) is 23.9 Å². The maximum Gasteiger partial charge on any atom is 0.310 e. The summed E-state index contributed by atoms with van der Waals surface area (Å²) in [4.78, 5) is 23.7. The van der Waals surface area contributed by atoms with E-state index in [4.69, 9.17) is 21.6 Å². The van der Waals surface area contributed by atoms with Gasteiger partial charge in [-0.3, -0.25) is 14.0 Å². The third-order valence-electron chi connectivity index (χ3n) is 4.98. The maximum absolute atomic E-state index is 12.6. The number of rotatable bonds is 8. The fraction of sp³-hybridized carbons (Fsp3) is 0.160. The second-order valence-corrected chi connectivity index (χ2v) is 7.59. The molecule has 1 atom stereocenters. The number of nitrogens with zero attached hydrogens (tertiary/aromatic N) is 2. The first-order chi connectivity index (χ1) is 15.4. The molecule has 0 saturated heterocycles. The van der Waals surface area contributed by atoms with Gasteiger partial charge in [-0.05, 0) is 60.9 Å². The van der Waals surface area contributed by atoms with Gasteiger partial charge in [0.05, 0.1) is 11.5 Å². The Balaban J connectivity index is 1.66. The predicted molar refractivity (Wildman–Crippen MR) is 121 cm³/mol. The van der Waals surface area contributed by atoms with Crippen molar-refractivity contribution < 1.29 is 19.4 Å². The molecule has 3 rings (SSSR count). The standard InChI is InChI=1S/C25H21ClN2O4/c1-17(25(30)31)20-9-12-23(21(15-20)16-27)32-22-10-7-19(8-11-22)24(29)28(26)14-13-18-5-3-2-4-6-18/h2-12,15,17H,13-14H2,1H3,(H,30,31). The highest BCUT2D eigenvalue weighted by Crippen LogP contribution is 2.29. The molecule has 0 bridgehead atoms. The summed E-state index contributed by atoms with van der Waals surface area (Å²) < 4.78 is 6.92. The molecule has 0 heterocycles. The van der Waals surface area contributed by atoms with Gasteiger partial charge in [-0.25, -0.2) is 0 Å². The fourth-order valence-electron chi connectivity index (χ4n) is 3.04. The Kier molecular flexibility index (Phi) is 7.48. The number of aliphatic carboxylic acids is 1. The quantitative estimate of drug-likeness (QED) is 0.467. The number of benzene rings is 3. The first-order valence-corrected chi connectivity index (χ1v) is 10.3. The molecule has 0 aliphatic rings. The van der Waals surface area contributed by atoms with E-state index >= 15 is 0 Å². The zero-order valence-electron chi connectivity index (χ0n) is 17.4. The highest BCUT2D eigenvalue weighted by atomic mass is 35.5. The summed E-state index contributed by atoms with van der Waals surface area (Å²) in [6.07, 6.45) is 0.644. The summed E-state index contributed by atoms with van der Waals surface area (Å²) in [5.41, 5.74) is 2.24. The molecule has 162 valence electrons. The van der Waals surface area contributed by atoms with E-state index in [-0.39, 0.29) is 11.5 Å². The van der Waals surface area contributed by atoms with Gasteiger partial charge in [-0.15, -0.1) is 0 Å². The highest BCUT2D eigenvalue weighted by Gasteiger charge is 2.17. The number of hydrogen-bond donors (Lipinski definition) is 1. The highest BCUT2D eigenvalue weighted by molar-refractivity contribution is 6.24. The SMILES string of the molecule is CC(C(=O)O)c1ccc(Oc2ccc(C(=O)N(Cl)CCc3ccccc3)cc2)c(C#N)c1. The van der Waals surface area contributed by atoms with Crippen molar-refractivity contribution in [3.63, 3.8) is 0 Å². The summed E-state index contributed by atoms with van der Waals surface area (Å²) >= 11 is 6.16. The summed E-state index contributed by atoms with van der Waals surface area (Å²) in [5.74, 6) is -1.29. The lowest BCUT2D eigenvalue weighted by molar-refractivity contribution is -0.138. The summed E-state index contributed by atoms with van der Waals surface area (Å²) in [6.45, 7) is 1.92. The van der Waals surface area contributed by atoms with Gasteiger partial charge >= 0.3 is 5.97 Å². The topological polar surface area (TPSA) is 90.6 Å². The summed E-state index contributed by atoms with van der Waals surface area (Å²) in [5, 5.41) is 18.6. The minimum Gasteiger partial charge on any atom is -0.481 e. The molecular formula is C25H21ClN2O4. The Hall–Kier alpha value is -3.82. The number of nitriles is 1. The van der Waals surface area contributed by atoms with Gasteiger partial charge in [-0.1, -0.05) is 36.4 Å². The smallest absolute Gasteiger partial charge is 0.310 e. The number of carboxylic acid groups (broad SMARTS) is 1. The van der Waals surface area contributed by atoms with Crippen LogP contribution in [0.25, 0.3) is 0 Å². The lowest BCUT2D eigenvalue weighted by Crippen LogP contribution is -2.23. The summed E-state index contributed by atoms with van der Waals surface area (Å²) in [7, 11) is 0. The van der Waals surface area contributed by atoms with Crippen molar-refractivity contribution >= 4 is 23.7 Å². The Morgan fingerprint density at radius 2 is 1.78 bits per heavy atom. The molecule has 32 heavy (non-hydrogen) atoms. The third kappa shape index (κ3) is 5.65. The van der Waals surface area contributed by atoms with Crippen LogP contribution in [0, 0.1) is 11.3 Å². The van der Waals surface area contributed by atoms with E-state index in [1.807, 2.05) is 36.4 Å². The molecule has 6 nitrogen and oxygen atoms in total. The molecule has 0 aliphatic heterocycles. The average molecular weight is 449 g/mol. The van der Waals surface area contributed by atoms with Crippen LogP contribution in [-0.4, -0.2) is 27.9 Å². The Morgan fingerprint density at radius 3 is 2.41 bits per heavy atom. The molecule has 0 aliphatic carbocycles. The number of carbonyl (C=O) groups is 2. The average Bonchev–Trinajstić information content (AvgIpc) is 2.82. The third-order valence-corrected chi connectivity index (χ3v) is 5.31. The lowest BCUT2D eigenvalue weighted by atomic mass is 9.99. The molecular weight excluding hydrogens is 428 g/mol. The molecule has 0 fully saturated rings. The van der Waals surface area contributed by atoms with Crippen LogP contribution in [0.3, 0.4) is 0 Å². The van der Waals surface area contributed by atoms with Crippen LogP contribution < -0.4 is 4.74 Å². The van der Waals surface area contributed by atoms with Crippen molar-refractivity contribution in [2.45, 2.75) is 19.3 Å². The van der Waals surface area contributed by atoms with Gasteiger partial charge < -0.3 is 9.84 Å². The number of hydrogen-bond acceptors (Lipinski definition) is 4. The van der Waals surface area contributed by atoms with Crippen LogP contribution in [0.4, 0.5) is 0 Å². The molecule has 3 aromatic rings. The van der Waals surface area contributed by atoms with Gasteiger partial charge in [0.25, 0.3) is 5.91 Å². The van der Waals surface area contributed by atoms with Crippen molar-refractivity contribution in [1.82, 2.24) is 4.42 Å². The van der Waals surface area contributed by atoms with E-state index in [0.717, 1.165) is 9.98 Å². The normalized spacial score (nSPS) is 11.3. The van der Waals surface area contributed by atoms with Gasteiger partial charge in [0.2, 0.25) is 0 Å². The van der Waals surface area contributed by atoms with E-state index in [2.05, 4.69) is 0 Å². The maximum atomic E-state index is 12.6. The Bertz CT molecular complexity index is 1140. The van der Waals surface area contributed by atoms with Crippen LogP contribution in [0.15, 0.2) is 72.8 Å². The van der Waals surface area contributed by atoms with E-state index in [0.29, 0.717) is 35.6 Å². The van der Waals surface area contributed by atoms with Crippen LogP contribution in [0.2, 0.25) is 0 Å². The van der Waals surface area contributed by atoms with Crippen molar-refractivity contribution in [1.29, 1.82) is 5.26 Å². The fourth-order valence-corrected chi connectivity index (χ4v) is 3.22. The molecule has 0 saturated carbocycles. The van der Waals surface area contributed by atoms with E-state index in [1.54, 1.807) is 43.3 Å². The minimum atomic E-state index is -0.972. The molecule has 7 heteroatoms. The van der Waals surface area contributed by atoms with Crippen LogP contribution in [-0.2, 0) is 11.2 Å². The van der Waals surface area contributed by atoms with E-state index in [9.17, 15) is 14.9 Å². The summed E-state index contributed by atoms with van der Waals surface area (Å²) in [6, 6.07) is 22.9. The Morgan fingerprint density at radius 1 is 1.09 bits per heavy atom. The number of carbonyl (C=O) groups excluding carboxylic acids is 1. The molecule has 0 radical (unpaired) electrons. The zero-order valence-corrected chi connectivity index (χ0v) is 18.1. The molecule has 1 N–H and O–H groups in total. The number of ether oxygens (including phenoxy) is 1. The van der Waals surface area contributed by atoms with E-state index < -0.39 is 11.9 Å². The van der Waals surface area contributed by atoms with Crippen LogP contribution >= 0.6 is 11.8 Å². The second-order valence-electron chi connectivity index (χ2n) is 7.18. The van der Waals surface area contributed by atoms with E-state index in [1.165, 1.54) is 6.07 Å². The molecule has 1 unspecified atom stereocenters. The van der Waals surface area contributed by atoms with Crippen molar-refractivity contribution in [2.24, 2.45) is 0 Å². The number of halogens is 1. The lowest BCUT2D eigenvalue weighted by Gasteiger charge is -2.15. The molecule has 0 aromatic heterocycles. The number of amides is 1. The predicted octanol–water partition coefficient (Wildman–Crippen LogP) is 5.38. The van der Waals surface area contributed by atoms with Gasteiger partial charge in [-0.2, -0.15) is 5.26 Å². The van der Waals surface area contributed by atoms with Crippen molar-refractivity contribution in [2.75, 3.05) is 6.54 Å². The monoisotopic (exact) mass is 448 g/mol. The largest absolute Gasteiger partial charge is 0.481 e. The molecule has 0 spiro atoms. The first kappa shape index (κ1) is 22.9. The second kappa shape index (κ2) is 10.5.